The second kappa shape index (κ2) is 13.9. The molecule has 214 valence electrons. The fraction of sp³-hybridized carbons (Fsp3) is 0.167. The van der Waals surface area contributed by atoms with Crippen molar-refractivity contribution in [3.05, 3.63) is 179 Å². The number of benzene rings is 4. The minimum atomic E-state index is 0.196. The SMILES string of the molecule is C=C1C(Cc2ccccc2)=C(C(=CC(C)c2cccc(C(C)C=CN=CC)c2)c2ccccc2)c2cccc(C=CC)c21. The molecule has 0 aromatic heterocycles. The van der Waals surface area contributed by atoms with Crippen molar-refractivity contribution < 1.29 is 0 Å². The number of hydrogen-bond acceptors (Lipinski definition) is 1. The lowest BCUT2D eigenvalue weighted by Crippen LogP contribution is -1.99. The molecule has 0 radical (unpaired) electrons. The first-order valence-corrected chi connectivity index (χ1v) is 15.3. The monoisotopic (exact) mass is 559 g/mol. The van der Waals surface area contributed by atoms with Crippen molar-refractivity contribution in [2.75, 3.05) is 0 Å². The van der Waals surface area contributed by atoms with Crippen LogP contribution >= 0.6 is 0 Å². The van der Waals surface area contributed by atoms with Gasteiger partial charge in [0.2, 0.25) is 0 Å². The van der Waals surface area contributed by atoms with Gasteiger partial charge in [-0.15, -0.1) is 0 Å². The molecule has 1 aliphatic rings. The van der Waals surface area contributed by atoms with Gasteiger partial charge in [-0.05, 0) is 87.4 Å². The van der Waals surface area contributed by atoms with Crippen LogP contribution in [0.5, 0.6) is 0 Å². The molecule has 0 bridgehead atoms. The van der Waals surface area contributed by atoms with Crippen LogP contribution in [0.25, 0.3) is 22.8 Å². The van der Waals surface area contributed by atoms with Crippen LogP contribution in [0.15, 0.2) is 145 Å². The maximum atomic E-state index is 4.71. The normalized spacial score (nSPS) is 15.2. The molecule has 43 heavy (non-hydrogen) atoms. The van der Waals surface area contributed by atoms with Gasteiger partial charge in [0.05, 0.1) is 0 Å². The lowest BCUT2D eigenvalue weighted by atomic mass is 9.85. The number of fused-ring (bicyclic) bond motifs is 1. The van der Waals surface area contributed by atoms with Crippen molar-refractivity contribution >= 4 is 29.0 Å². The van der Waals surface area contributed by atoms with Gasteiger partial charge in [-0.25, -0.2) is 0 Å². The van der Waals surface area contributed by atoms with E-state index < -0.39 is 0 Å². The molecule has 1 heteroatoms. The first-order valence-electron chi connectivity index (χ1n) is 15.3. The van der Waals surface area contributed by atoms with Crippen molar-refractivity contribution in [1.82, 2.24) is 0 Å². The Morgan fingerprint density at radius 2 is 1.47 bits per heavy atom. The fourth-order valence-electron chi connectivity index (χ4n) is 5.99. The van der Waals surface area contributed by atoms with Crippen LogP contribution in [0.3, 0.4) is 0 Å². The highest BCUT2D eigenvalue weighted by molar-refractivity contribution is 6.17. The van der Waals surface area contributed by atoms with E-state index in [-0.39, 0.29) is 11.8 Å². The lowest BCUT2D eigenvalue weighted by Gasteiger charge is -2.18. The summed E-state index contributed by atoms with van der Waals surface area (Å²) in [5, 5.41) is 0. The van der Waals surface area contributed by atoms with Gasteiger partial charge in [-0.3, -0.25) is 4.99 Å². The molecule has 0 N–H and O–H groups in total. The van der Waals surface area contributed by atoms with Crippen LogP contribution in [-0.2, 0) is 6.42 Å². The van der Waals surface area contributed by atoms with Crippen molar-refractivity contribution in [3.8, 4) is 0 Å². The Hall–Kier alpha value is -4.75. The first kappa shape index (κ1) is 29.7. The van der Waals surface area contributed by atoms with E-state index >= 15 is 0 Å². The number of allylic oxidation sites excluding steroid dienone is 7. The molecular weight excluding hydrogens is 518 g/mol. The van der Waals surface area contributed by atoms with Crippen molar-refractivity contribution in [1.29, 1.82) is 0 Å². The van der Waals surface area contributed by atoms with Crippen LogP contribution < -0.4 is 0 Å². The maximum absolute atomic E-state index is 4.71. The average molecular weight is 560 g/mol. The van der Waals surface area contributed by atoms with Gasteiger partial charge in [0.15, 0.2) is 0 Å². The Balaban J connectivity index is 1.68. The molecule has 0 aliphatic heterocycles. The van der Waals surface area contributed by atoms with Gasteiger partial charge in [0, 0.05) is 18.3 Å². The molecule has 0 saturated carbocycles. The van der Waals surface area contributed by atoms with E-state index in [2.05, 4.69) is 153 Å². The van der Waals surface area contributed by atoms with Crippen LogP contribution in [-0.4, -0.2) is 6.21 Å². The molecule has 0 saturated heterocycles. The summed E-state index contributed by atoms with van der Waals surface area (Å²) in [5.41, 5.74) is 13.8. The molecule has 2 unspecified atom stereocenters. The molecule has 0 spiro atoms. The first-order chi connectivity index (χ1) is 21.0. The number of rotatable bonds is 10. The molecule has 1 nitrogen and oxygen atoms in total. The van der Waals surface area contributed by atoms with Gasteiger partial charge < -0.3 is 0 Å². The smallest absolute Gasteiger partial charge is 0.0229 e. The maximum Gasteiger partial charge on any atom is 0.0229 e. The van der Waals surface area contributed by atoms with Crippen molar-refractivity contribution in [2.45, 2.75) is 46.0 Å². The molecule has 4 aromatic rings. The van der Waals surface area contributed by atoms with E-state index in [4.69, 9.17) is 6.58 Å². The summed E-state index contributed by atoms with van der Waals surface area (Å²) in [6.45, 7) is 13.3. The Bertz CT molecular complexity index is 1730. The van der Waals surface area contributed by atoms with E-state index in [1.165, 1.54) is 55.7 Å². The van der Waals surface area contributed by atoms with Gasteiger partial charge >= 0.3 is 0 Å². The second-order valence-electron chi connectivity index (χ2n) is 11.2. The van der Waals surface area contributed by atoms with Crippen LogP contribution in [0.2, 0.25) is 0 Å². The molecule has 4 aromatic carbocycles. The minimum Gasteiger partial charge on any atom is -0.270 e. The van der Waals surface area contributed by atoms with Gasteiger partial charge in [0.25, 0.3) is 0 Å². The van der Waals surface area contributed by atoms with E-state index in [9.17, 15) is 0 Å². The predicted octanol–water partition coefficient (Wildman–Crippen LogP) is 11.3. The Morgan fingerprint density at radius 1 is 0.791 bits per heavy atom. The third-order valence-corrected chi connectivity index (χ3v) is 8.25. The van der Waals surface area contributed by atoms with Crippen molar-refractivity contribution in [2.24, 2.45) is 4.99 Å². The summed E-state index contributed by atoms with van der Waals surface area (Å²) >= 11 is 0. The summed E-state index contributed by atoms with van der Waals surface area (Å²) in [6, 6.07) is 37.3. The third-order valence-electron chi connectivity index (χ3n) is 8.25. The van der Waals surface area contributed by atoms with E-state index in [0.717, 1.165) is 12.0 Å². The summed E-state index contributed by atoms with van der Waals surface area (Å²) in [7, 11) is 0. The zero-order valence-electron chi connectivity index (χ0n) is 25.8. The van der Waals surface area contributed by atoms with E-state index in [0.29, 0.717) is 0 Å². The third kappa shape index (κ3) is 6.68. The van der Waals surface area contributed by atoms with Crippen LogP contribution in [0.1, 0.15) is 78.5 Å². The lowest BCUT2D eigenvalue weighted by molar-refractivity contribution is 0.927. The second-order valence-corrected chi connectivity index (χ2v) is 11.2. The number of nitrogens with zero attached hydrogens (tertiary/aromatic N) is 1. The zero-order chi connectivity index (χ0) is 30.2. The highest BCUT2D eigenvalue weighted by atomic mass is 14.6. The largest absolute Gasteiger partial charge is 0.270 e. The van der Waals surface area contributed by atoms with Crippen LogP contribution in [0, 0.1) is 0 Å². The molecule has 1 aliphatic carbocycles. The highest BCUT2D eigenvalue weighted by Crippen LogP contribution is 2.50. The quantitative estimate of drug-likeness (QED) is 0.171. The Kier molecular flexibility index (Phi) is 9.64. The van der Waals surface area contributed by atoms with Gasteiger partial charge in [-0.1, -0.05) is 148 Å². The molecule has 0 fully saturated rings. The van der Waals surface area contributed by atoms with Crippen molar-refractivity contribution in [3.63, 3.8) is 0 Å². The average Bonchev–Trinajstić information content (AvgIpc) is 3.32. The van der Waals surface area contributed by atoms with Crippen LogP contribution in [0.4, 0.5) is 0 Å². The topological polar surface area (TPSA) is 12.4 Å². The summed E-state index contributed by atoms with van der Waals surface area (Å²) in [4.78, 5) is 4.26. The summed E-state index contributed by atoms with van der Waals surface area (Å²) < 4.78 is 0. The van der Waals surface area contributed by atoms with Gasteiger partial charge in [0.1, 0.15) is 0 Å². The molecular formula is C42H41N. The standard InChI is InChI=1S/C42H41N/c1-6-16-35-21-15-24-38-41(35)32(5)39(28-33-17-10-8-11-18-33)42(38)40(34-19-12-9-13-20-34)27-31(4)37-23-14-22-36(29-37)30(3)25-26-43-7-2/h6-27,29-31H,5,28H2,1-4H3. The predicted molar refractivity (Wildman–Crippen MR) is 188 cm³/mol. The minimum absolute atomic E-state index is 0.196. The highest BCUT2D eigenvalue weighted by Gasteiger charge is 2.29. The zero-order valence-corrected chi connectivity index (χ0v) is 25.8. The molecule has 0 heterocycles. The Morgan fingerprint density at radius 3 is 2.16 bits per heavy atom. The van der Waals surface area contributed by atoms with E-state index in [1.807, 2.05) is 19.3 Å². The molecule has 2 atom stereocenters. The summed E-state index contributed by atoms with van der Waals surface area (Å²) in [5.74, 6) is 0.477. The Labute approximate surface area is 258 Å². The summed E-state index contributed by atoms with van der Waals surface area (Å²) in [6.07, 6.45) is 13.5. The molecule has 0 amide bonds. The number of aliphatic imine (C=N–C) groups is 1. The van der Waals surface area contributed by atoms with E-state index in [1.54, 1.807) is 0 Å². The molecule has 5 rings (SSSR count). The van der Waals surface area contributed by atoms with Gasteiger partial charge in [-0.2, -0.15) is 0 Å². The fourth-order valence-corrected chi connectivity index (χ4v) is 5.99. The number of hydrogen-bond donors (Lipinski definition) is 0.